The Morgan fingerprint density at radius 1 is 1.17 bits per heavy atom. The lowest BCUT2D eigenvalue weighted by Gasteiger charge is -2.27. The summed E-state index contributed by atoms with van der Waals surface area (Å²) in [6.45, 7) is 5.40. The summed E-state index contributed by atoms with van der Waals surface area (Å²) in [5.74, 6) is 0.621. The molecule has 1 saturated heterocycles. The van der Waals surface area contributed by atoms with Crippen LogP contribution in [0, 0.1) is 0 Å². The normalized spacial score (nSPS) is 17.6. The molecule has 0 bridgehead atoms. The van der Waals surface area contributed by atoms with Crippen molar-refractivity contribution in [2.45, 2.75) is 31.7 Å². The minimum absolute atomic E-state index is 0.0948. The lowest BCUT2D eigenvalue weighted by atomic mass is 10.1. The molecule has 2 aromatic carbocycles. The number of nitrogens with one attached hydrogen (secondary N) is 1. The number of imidazole rings is 1. The molecule has 0 saturated carbocycles. The molecule has 3 aromatic rings. The number of nitrogens with zero attached hydrogens (tertiary/aromatic N) is 3. The van der Waals surface area contributed by atoms with Crippen molar-refractivity contribution >= 4 is 28.8 Å². The second-order valence-corrected chi connectivity index (χ2v) is 8.78. The van der Waals surface area contributed by atoms with Crippen molar-refractivity contribution in [3.05, 3.63) is 60.2 Å². The number of anilines is 1. The average molecular weight is 497 g/mol. The van der Waals surface area contributed by atoms with E-state index < -0.39 is 12.3 Å². The quantitative estimate of drug-likeness (QED) is 0.516. The molecule has 1 aromatic heterocycles. The van der Waals surface area contributed by atoms with Gasteiger partial charge in [-0.1, -0.05) is 18.7 Å². The zero-order valence-corrected chi connectivity index (χ0v) is 19.6. The van der Waals surface area contributed by atoms with Crippen LogP contribution >= 0.6 is 0 Å². The van der Waals surface area contributed by atoms with E-state index >= 15 is 0 Å². The highest BCUT2D eigenvalue weighted by Gasteiger charge is 2.30. The number of hydrogen-bond donors (Lipinski definition) is 1. The molecule has 0 spiro atoms. The average Bonchev–Trinajstić information content (AvgIpc) is 3.09. The first-order valence-corrected chi connectivity index (χ1v) is 11.9. The van der Waals surface area contributed by atoms with Crippen LogP contribution in [-0.2, 0) is 4.79 Å². The number of ether oxygens (including phenoxy) is 2. The van der Waals surface area contributed by atoms with Crippen molar-refractivity contribution in [3.63, 3.8) is 0 Å². The Hall–Kier alpha value is -3.95. The SMILES string of the molecule is C=CC(=O)N1CCCC[C@@H](n2c(NC(=O)c3cccc(C(F)F)c3)nc3ccc4c(c32)OCCO4)C1. The highest BCUT2D eigenvalue weighted by molar-refractivity contribution is 6.04. The van der Waals surface area contributed by atoms with Gasteiger partial charge in [-0.2, -0.15) is 0 Å². The van der Waals surface area contributed by atoms with Gasteiger partial charge in [0, 0.05) is 24.2 Å². The fourth-order valence-electron chi connectivity index (χ4n) is 4.78. The number of fused-ring (bicyclic) bond motifs is 3. The van der Waals surface area contributed by atoms with Gasteiger partial charge in [-0.15, -0.1) is 0 Å². The van der Waals surface area contributed by atoms with Crippen molar-refractivity contribution in [3.8, 4) is 11.5 Å². The number of rotatable bonds is 5. The van der Waals surface area contributed by atoms with Crippen molar-refractivity contribution < 1.29 is 27.8 Å². The Morgan fingerprint density at radius 2 is 2.00 bits per heavy atom. The largest absolute Gasteiger partial charge is 0.486 e. The molecule has 8 nitrogen and oxygen atoms in total. The number of carbonyl (C=O) groups is 2. The third-order valence-electron chi connectivity index (χ3n) is 6.48. The van der Waals surface area contributed by atoms with Gasteiger partial charge in [0.1, 0.15) is 18.7 Å². The van der Waals surface area contributed by atoms with Gasteiger partial charge < -0.3 is 18.9 Å². The smallest absolute Gasteiger partial charge is 0.263 e. The van der Waals surface area contributed by atoms with E-state index in [4.69, 9.17) is 9.47 Å². The minimum Gasteiger partial charge on any atom is -0.486 e. The van der Waals surface area contributed by atoms with Gasteiger partial charge in [0.2, 0.25) is 11.9 Å². The molecular weight excluding hydrogens is 470 g/mol. The van der Waals surface area contributed by atoms with E-state index in [2.05, 4.69) is 16.9 Å². The molecule has 3 heterocycles. The van der Waals surface area contributed by atoms with Crippen molar-refractivity contribution in [1.82, 2.24) is 14.5 Å². The number of likely N-dealkylation sites (tertiary alicyclic amines) is 1. The highest BCUT2D eigenvalue weighted by Crippen LogP contribution is 2.41. The number of carbonyl (C=O) groups excluding carboxylic acids is 2. The predicted molar refractivity (Wildman–Crippen MR) is 130 cm³/mol. The maximum absolute atomic E-state index is 13.2. The van der Waals surface area contributed by atoms with Gasteiger partial charge in [-0.3, -0.25) is 14.9 Å². The van der Waals surface area contributed by atoms with Gasteiger partial charge in [0.15, 0.2) is 11.5 Å². The molecule has 0 aliphatic carbocycles. The molecule has 10 heteroatoms. The number of halogens is 2. The molecule has 2 aliphatic rings. The van der Waals surface area contributed by atoms with Gasteiger partial charge in [-0.25, -0.2) is 13.8 Å². The predicted octanol–water partition coefficient (Wildman–Crippen LogP) is 4.74. The Kier molecular flexibility index (Phi) is 6.58. The first-order valence-electron chi connectivity index (χ1n) is 11.9. The Morgan fingerprint density at radius 3 is 2.81 bits per heavy atom. The third-order valence-corrected chi connectivity index (χ3v) is 6.48. The lowest BCUT2D eigenvalue weighted by molar-refractivity contribution is -0.126. The van der Waals surface area contributed by atoms with E-state index in [0.717, 1.165) is 19.3 Å². The maximum atomic E-state index is 13.2. The molecule has 1 atom stereocenters. The van der Waals surface area contributed by atoms with E-state index in [-0.39, 0.29) is 29.0 Å². The number of aromatic nitrogens is 2. The van der Waals surface area contributed by atoms with Gasteiger partial charge in [-0.05, 0) is 49.6 Å². The molecule has 0 radical (unpaired) electrons. The molecule has 188 valence electrons. The van der Waals surface area contributed by atoms with E-state index in [1.165, 1.54) is 30.3 Å². The molecule has 1 fully saturated rings. The number of hydrogen-bond acceptors (Lipinski definition) is 5. The standard InChI is InChI=1S/C26H26F2N4O4/c1-2-21(33)31-11-4-3-8-18(15-31)32-22-19(9-10-20-23(22)36-13-12-35-20)29-26(32)30-25(34)17-7-5-6-16(14-17)24(27)28/h2,5-7,9-10,14,18,24H,1,3-4,8,11-13,15H2,(H,29,30,34)/t18-/m1/s1. The zero-order chi connectivity index (χ0) is 25.2. The van der Waals surface area contributed by atoms with Crippen molar-refractivity contribution in [2.75, 3.05) is 31.6 Å². The summed E-state index contributed by atoms with van der Waals surface area (Å²) in [7, 11) is 0. The number of alkyl halides is 2. The number of amides is 2. The van der Waals surface area contributed by atoms with Crippen LogP contribution in [0.2, 0.25) is 0 Å². The molecule has 5 rings (SSSR count). The van der Waals surface area contributed by atoms with Gasteiger partial charge in [0.25, 0.3) is 12.3 Å². The molecular formula is C26H26F2N4O4. The van der Waals surface area contributed by atoms with E-state index in [1.807, 2.05) is 4.57 Å². The maximum Gasteiger partial charge on any atom is 0.263 e. The van der Waals surface area contributed by atoms with E-state index in [1.54, 1.807) is 17.0 Å². The summed E-state index contributed by atoms with van der Waals surface area (Å²) in [4.78, 5) is 32.0. The number of benzene rings is 2. The van der Waals surface area contributed by atoms with Crippen LogP contribution in [0.15, 0.2) is 49.1 Å². The summed E-state index contributed by atoms with van der Waals surface area (Å²) in [6, 6.07) is 8.68. The van der Waals surface area contributed by atoms with Crippen molar-refractivity contribution in [2.24, 2.45) is 0 Å². The van der Waals surface area contributed by atoms with Crippen LogP contribution in [0.1, 0.15) is 47.7 Å². The van der Waals surface area contributed by atoms with Gasteiger partial charge in [0.05, 0.1) is 11.6 Å². The summed E-state index contributed by atoms with van der Waals surface area (Å²) >= 11 is 0. The molecule has 36 heavy (non-hydrogen) atoms. The summed E-state index contributed by atoms with van der Waals surface area (Å²) in [5.41, 5.74) is 1.10. The van der Waals surface area contributed by atoms with Crippen LogP contribution in [0.3, 0.4) is 0 Å². The first-order chi connectivity index (χ1) is 17.5. The van der Waals surface area contributed by atoms with Crippen LogP contribution in [0.4, 0.5) is 14.7 Å². The topological polar surface area (TPSA) is 85.7 Å². The fourth-order valence-corrected chi connectivity index (χ4v) is 4.78. The van der Waals surface area contributed by atoms with Crippen LogP contribution in [0.5, 0.6) is 11.5 Å². The summed E-state index contributed by atoms with van der Waals surface area (Å²) in [5, 5.41) is 2.81. The lowest BCUT2D eigenvalue weighted by Crippen LogP contribution is -2.34. The molecule has 0 unspecified atom stereocenters. The Labute approximate surface area is 206 Å². The van der Waals surface area contributed by atoms with Crippen LogP contribution in [-0.4, -0.2) is 52.6 Å². The minimum atomic E-state index is -2.69. The summed E-state index contributed by atoms with van der Waals surface area (Å²) in [6.07, 6.45) is 1.04. The van der Waals surface area contributed by atoms with E-state index in [0.29, 0.717) is 48.8 Å². The monoisotopic (exact) mass is 496 g/mol. The molecule has 2 amide bonds. The third kappa shape index (κ3) is 4.50. The summed E-state index contributed by atoms with van der Waals surface area (Å²) < 4.78 is 40.0. The van der Waals surface area contributed by atoms with Crippen LogP contribution in [0.25, 0.3) is 11.0 Å². The Balaban J connectivity index is 1.59. The molecule has 1 N–H and O–H groups in total. The molecule has 2 aliphatic heterocycles. The fraction of sp³-hybridized carbons (Fsp3) is 0.346. The van der Waals surface area contributed by atoms with Gasteiger partial charge >= 0.3 is 0 Å². The first kappa shape index (κ1) is 23.8. The second-order valence-electron chi connectivity index (χ2n) is 8.78. The Bertz CT molecular complexity index is 1320. The highest BCUT2D eigenvalue weighted by atomic mass is 19.3. The second kappa shape index (κ2) is 9.96. The van der Waals surface area contributed by atoms with Crippen molar-refractivity contribution in [1.29, 1.82) is 0 Å². The zero-order valence-electron chi connectivity index (χ0n) is 19.6. The van der Waals surface area contributed by atoms with Crippen LogP contribution < -0.4 is 14.8 Å². The van der Waals surface area contributed by atoms with E-state index in [9.17, 15) is 18.4 Å².